The summed E-state index contributed by atoms with van der Waals surface area (Å²) in [6.45, 7) is 0.373. The second kappa shape index (κ2) is 11.4. The molecule has 4 aromatic rings. The number of nitro groups is 1. The van der Waals surface area contributed by atoms with E-state index < -0.39 is 16.7 Å². The third-order valence-electron chi connectivity index (χ3n) is 5.33. The molecule has 0 aliphatic heterocycles. The van der Waals surface area contributed by atoms with Gasteiger partial charge in [-0.05, 0) is 36.2 Å². The zero-order valence-corrected chi connectivity index (χ0v) is 19.2. The van der Waals surface area contributed by atoms with Crippen LogP contribution < -0.4 is 10.6 Å². The molecule has 0 saturated heterocycles. The summed E-state index contributed by atoms with van der Waals surface area (Å²) in [5.74, 6) is -0.213. The highest BCUT2D eigenvalue weighted by Gasteiger charge is 2.16. The number of carbonyl (C=O) groups is 2. The van der Waals surface area contributed by atoms with E-state index >= 15 is 0 Å². The Bertz CT molecular complexity index is 1390. The molecule has 1 heterocycles. The largest absolute Gasteiger partial charge is 0.457 e. The van der Waals surface area contributed by atoms with Gasteiger partial charge in [0.1, 0.15) is 17.2 Å². The number of amides is 2. The maximum atomic E-state index is 13.0. The van der Waals surface area contributed by atoms with Gasteiger partial charge < -0.3 is 15.1 Å². The van der Waals surface area contributed by atoms with Gasteiger partial charge >= 0.3 is 0 Å². The summed E-state index contributed by atoms with van der Waals surface area (Å²) < 4.78 is 5.82. The van der Waals surface area contributed by atoms with Crippen molar-refractivity contribution >= 4 is 23.6 Å². The van der Waals surface area contributed by atoms with Crippen LogP contribution in [0.1, 0.15) is 21.7 Å². The van der Waals surface area contributed by atoms with Crippen molar-refractivity contribution < 1.29 is 18.9 Å². The third kappa shape index (κ3) is 6.32. The molecule has 1 aromatic heterocycles. The summed E-state index contributed by atoms with van der Waals surface area (Å²) in [6, 6.07) is 27.6. The van der Waals surface area contributed by atoms with E-state index in [9.17, 15) is 19.7 Å². The average molecular weight is 482 g/mol. The number of nitrogens with zero attached hydrogens (tertiary/aromatic N) is 1. The molecule has 0 aliphatic rings. The number of non-ortho nitro benzene ring substituents is 1. The summed E-state index contributed by atoms with van der Waals surface area (Å²) in [6.07, 6.45) is 2.06. The smallest absolute Gasteiger partial charge is 0.270 e. The van der Waals surface area contributed by atoms with Crippen LogP contribution in [0.25, 0.3) is 17.4 Å². The summed E-state index contributed by atoms with van der Waals surface area (Å²) in [5.41, 5.74) is 1.94. The predicted octanol–water partition coefficient (Wildman–Crippen LogP) is 4.98. The molecule has 8 heteroatoms. The zero-order valence-electron chi connectivity index (χ0n) is 19.2. The molecule has 2 amide bonds. The van der Waals surface area contributed by atoms with Crippen LogP contribution in [0, 0.1) is 10.1 Å². The predicted molar refractivity (Wildman–Crippen MR) is 136 cm³/mol. The van der Waals surface area contributed by atoms with E-state index in [-0.39, 0.29) is 11.4 Å². The molecule has 8 nitrogen and oxygen atoms in total. The lowest BCUT2D eigenvalue weighted by atomic mass is 10.1. The van der Waals surface area contributed by atoms with Crippen molar-refractivity contribution in [2.45, 2.75) is 6.42 Å². The quantitative estimate of drug-likeness (QED) is 0.199. The van der Waals surface area contributed by atoms with Gasteiger partial charge in [-0.2, -0.15) is 0 Å². The zero-order chi connectivity index (χ0) is 25.3. The maximum Gasteiger partial charge on any atom is 0.270 e. The highest BCUT2D eigenvalue weighted by atomic mass is 16.6. The summed E-state index contributed by atoms with van der Waals surface area (Å²) >= 11 is 0. The van der Waals surface area contributed by atoms with Crippen LogP contribution in [0.3, 0.4) is 0 Å². The number of hydrogen-bond acceptors (Lipinski definition) is 5. The Hall–Kier alpha value is -4.98. The fourth-order valence-corrected chi connectivity index (χ4v) is 3.50. The standard InChI is InChI=1S/C28H23N3O5/c32-27(21-10-5-2-6-11-21)30-25(28(33)29-17-16-20-8-3-1-4-9-20)19-24-14-15-26(36-24)22-12-7-13-23(18-22)31(34)35/h1-15,18-19H,16-17H2,(H,29,33)(H,30,32). The van der Waals surface area contributed by atoms with Crippen molar-refractivity contribution in [1.29, 1.82) is 0 Å². The number of nitro benzene ring substituents is 1. The molecular formula is C28H23N3O5. The minimum atomic E-state index is -0.482. The Balaban J connectivity index is 1.55. The molecule has 0 saturated carbocycles. The van der Waals surface area contributed by atoms with E-state index in [1.165, 1.54) is 18.2 Å². The fourth-order valence-electron chi connectivity index (χ4n) is 3.50. The molecule has 0 spiro atoms. The van der Waals surface area contributed by atoms with E-state index in [1.54, 1.807) is 54.6 Å². The first kappa shape index (κ1) is 24.2. The Kier molecular flexibility index (Phi) is 7.67. The van der Waals surface area contributed by atoms with E-state index in [0.29, 0.717) is 35.6 Å². The van der Waals surface area contributed by atoms with Crippen LogP contribution in [0.2, 0.25) is 0 Å². The SMILES string of the molecule is O=C(NCCc1ccccc1)C(=Cc1ccc(-c2cccc([N+](=O)[O-])c2)o1)NC(=O)c1ccccc1. The topological polar surface area (TPSA) is 114 Å². The molecular weight excluding hydrogens is 458 g/mol. The van der Waals surface area contributed by atoms with Crippen LogP contribution in [-0.4, -0.2) is 23.3 Å². The Labute approximate surface area is 207 Å². The van der Waals surface area contributed by atoms with Gasteiger partial charge in [0.15, 0.2) is 0 Å². The van der Waals surface area contributed by atoms with Gasteiger partial charge in [0.25, 0.3) is 17.5 Å². The maximum absolute atomic E-state index is 13.0. The number of furan rings is 1. The Morgan fingerprint density at radius 1 is 0.889 bits per heavy atom. The highest BCUT2D eigenvalue weighted by Crippen LogP contribution is 2.26. The summed E-state index contributed by atoms with van der Waals surface area (Å²) in [7, 11) is 0. The third-order valence-corrected chi connectivity index (χ3v) is 5.33. The van der Waals surface area contributed by atoms with Crippen LogP contribution in [0.15, 0.2) is 107 Å². The van der Waals surface area contributed by atoms with Crippen LogP contribution in [0.4, 0.5) is 5.69 Å². The average Bonchev–Trinajstić information content (AvgIpc) is 3.38. The van der Waals surface area contributed by atoms with Crippen LogP contribution in [0.5, 0.6) is 0 Å². The van der Waals surface area contributed by atoms with E-state index in [4.69, 9.17) is 4.42 Å². The van der Waals surface area contributed by atoms with E-state index in [0.717, 1.165) is 5.56 Å². The van der Waals surface area contributed by atoms with Crippen molar-refractivity contribution in [3.05, 3.63) is 130 Å². The van der Waals surface area contributed by atoms with Crippen molar-refractivity contribution in [1.82, 2.24) is 10.6 Å². The highest BCUT2D eigenvalue weighted by molar-refractivity contribution is 6.05. The Morgan fingerprint density at radius 2 is 1.61 bits per heavy atom. The second-order valence-corrected chi connectivity index (χ2v) is 7.88. The molecule has 3 aromatic carbocycles. The van der Waals surface area contributed by atoms with E-state index in [2.05, 4.69) is 10.6 Å². The van der Waals surface area contributed by atoms with Crippen LogP contribution >= 0.6 is 0 Å². The number of rotatable bonds is 9. The minimum Gasteiger partial charge on any atom is -0.457 e. The summed E-state index contributed by atoms with van der Waals surface area (Å²) in [4.78, 5) is 36.3. The van der Waals surface area contributed by atoms with Gasteiger partial charge in [0.05, 0.1) is 4.92 Å². The first-order valence-electron chi connectivity index (χ1n) is 11.2. The molecule has 0 fully saturated rings. The van der Waals surface area contributed by atoms with Gasteiger partial charge in [-0.3, -0.25) is 19.7 Å². The lowest BCUT2D eigenvalue weighted by Gasteiger charge is -2.11. The van der Waals surface area contributed by atoms with Crippen molar-refractivity contribution in [2.75, 3.05) is 6.54 Å². The van der Waals surface area contributed by atoms with Gasteiger partial charge in [0.2, 0.25) is 0 Å². The normalized spacial score (nSPS) is 11.1. The second-order valence-electron chi connectivity index (χ2n) is 7.88. The van der Waals surface area contributed by atoms with E-state index in [1.807, 2.05) is 30.3 Å². The van der Waals surface area contributed by atoms with Crippen LogP contribution in [-0.2, 0) is 11.2 Å². The van der Waals surface area contributed by atoms with Gasteiger partial charge in [0, 0.05) is 35.9 Å². The van der Waals surface area contributed by atoms with Crippen molar-refractivity contribution in [2.24, 2.45) is 0 Å². The first-order chi connectivity index (χ1) is 17.5. The lowest BCUT2D eigenvalue weighted by molar-refractivity contribution is -0.384. The van der Waals surface area contributed by atoms with Gasteiger partial charge in [-0.15, -0.1) is 0 Å². The number of benzene rings is 3. The monoisotopic (exact) mass is 481 g/mol. The van der Waals surface area contributed by atoms with Crippen molar-refractivity contribution in [3.8, 4) is 11.3 Å². The minimum absolute atomic E-state index is 0.0110. The van der Waals surface area contributed by atoms with Gasteiger partial charge in [-0.1, -0.05) is 60.7 Å². The number of carbonyl (C=O) groups excluding carboxylic acids is 2. The number of nitrogens with one attached hydrogen (secondary N) is 2. The lowest BCUT2D eigenvalue weighted by Crippen LogP contribution is -2.35. The van der Waals surface area contributed by atoms with Crippen molar-refractivity contribution in [3.63, 3.8) is 0 Å². The molecule has 180 valence electrons. The first-order valence-corrected chi connectivity index (χ1v) is 11.2. The molecule has 36 heavy (non-hydrogen) atoms. The molecule has 0 bridgehead atoms. The van der Waals surface area contributed by atoms with Gasteiger partial charge in [-0.25, -0.2) is 0 Å². The number of hydrogen-bond donors (Lipinski definition) is 2. The molecule has 2 N–H and O–H groups in total. The fraction of sp³-hybridized carbons (Fsp3) is 0.0714. The Morgan fingerprint density at radius 3 is 2.33 bits per heavy atom. The summed E-state index contributed by atoms with van der Waals surface area (Å²) in [5, 5.41) is 16.6. The molecule has 4 rings (SSSR count). The molecule has 0 unspecified atom stereocenters. The molecule has 0 atom stereocenters. The molecule has 0 aliphatic carbocycles. The molecule has 0 radical (unpaired) electrons.